The predicted molar refractivity (Wildman–Crippen MR) is 165 cm³/mol. The van der Waals surface area contributed by atoms with Crippen LogP contribution in [0.5, 0.6) is 11.5 Å². The van der Waals surface area contributed by atoms with Crippen LogP contribution in [0.3, 0.4) is 0 Å². The maximum Gasteiger partial charge on any atom is 0.320 e. The lowest BCUT2D eigenvalue weighted by Gasteiger charge is -2.23. The van der Waals surface area contributed by atoms with E-state index in [0.29, 0.717) is 40.8 Å². The molecule has 2 N–H and O–H groups in total. The van der Waals surface area contributed by atoms with Crippen molar-refractivity contribution >= 4 is 34.5 Å². The van der Waals surface area contributed by atoms with Gasteiger partial charge in [0.2, 0.25) is 5.91 Å². The van der Waals surface area contributed by atoms with E-state index in [1.165, 1.54) is 0 Å². The molecule has 0 saturated heterocycles. The van der Waals surface area contributed by atoms with Gasteiger partial charge in [0.05, 0.1) is 19.7 Å². The summed E-state index contributed by atoms with van der Waals surface area (Å²) in [6, 6.07) is 8.83. The van der Waals surface area contributed by atoms with Gasteiger partial charge in [-0.2, -0.15) is 0 Å². The SMILES string of the molecule is CCN(CC)CCCCN(C(C)=O)c1cc2nc(NC(=O)NC(C)(C)C)c(-c3cc(OC)cc(OC)c3)cc2cn1. The van der Waals surface area contributed by atoms with Crippen molar-refractivity contribution < 1.29 is 19.1 Å². The van der Waals surface area contributed by atoms with Gasteiger partial charge >= 0.3 is 6.03 Å². The van der Waals surface area contributed by atoms with Gasteiger partial charge in [-0.3, -0.25) is 15.0 Å². The predicted octanol–water partition coefficient (Wildman–Crippen LogP) is 5.71. The number of carbonyl (C=O) groups is 2. The molecular weight excluding hydrogens is 520 g/mol. The lowest BCUT2D eigenvalue weighted by atomic mass is 10.0. The smallest absolute Gasteiger partial charge is 0.320 e. The molecular formula is C31H44N6O4. The summed E-state index contributed by atoms with van der Waals surface area (Å²) in [5, 5.41) is 6.60. The standard InChI is InChI=1S/C31H44N6O4/c1-9-36(10-2)13-11-12-14-37(21(3)38)28-19-27-23(20-32-28)17-26(22-15-24(40-7)18-25(16-22)41-8)29(33-27)34-30(39)35-31(4,5)6/h15-20H,9-14H2,1-8H3,(H2,33,34,35,39). The van der Waals surface area contributed by atoms with Gasteiger partial charge in [0.15, 0.2) is 0 Å². The number of rotatable bonds is 12. The first kappa shape index (κ1) is 31.6. The molecule has 3 rings (SSSR count). The number of amides is 3. The topological polar surface area (TPSA) is 109 Å². The number of ether oxygens (including phenoxy) is 2. The summed E-state index contributed by atoms with van der Waals surface area (Å²) < 4.78 is 10.9. The Morgan fingerprint density at radius 1 is 0.927 bits per heavy atom. The van der Waals surface area contributed by atoms with Crippen molar-refractivity contribution in [3.63, 3.8) is 0 Å². The van der Waals surface area contributed by atoms with Crippen LogP contribution in [0.15, 0.2) is 36.5 Å². The number of methoxy groups -OCH3 is 2. The minimum Gasteiger partial charge on any atom is -0.497 e. The number of urea groups is 1. The van der Waals surface area contributed by atoms with E-state index in [1.807, 2.05) is 39.0 Å². The van der Waals surface area contributed by atoms with Crippen LogP contribution in [0.4, 0.5) is 16.4 Å². The molecule has 0 atom stereocenters. The summed E-state index contributed by atoms with van der Waals surface area (Å²) in [5.41, 5.74) is 1.59. The average Bonchev–Trinajstić information content (AvgIpc) is 2.92. The van der Waals surface area contributed by atoms with Gasteiger partial charge in [-0.25, -0.2) is 14.8 Å². The monoisotopic (exact) mass is 564 g/mol. The van der Waals surface area contributed by atoms with Crippen LogP contribution in [-0.4, -0.2) is 72.7 Å². The molecule has 10 nitrogen and oxygen atoms in total. The Hall–Kier alpha value is -3.92. The number of pyridine rings is 2. The number of anilines is 2. The van der Waals surface area contributed by atoms with Crippen LogP contribution in [0, 0.1) is 0 Å². The molecule has 1 aromatic carbocycles. The van der Waals surface area contributed by atoms with Crippen molar-refractivity contribution in [2.45, 2.75) is 59.9 Å². The number of nitrogens with one attached hydrogen (secondary N) is 2. The lowest BCUT2D eigenvalue weighted by Crippen LogP contribution is -2.43. The van der Waals surface area contributed by atoms with Gasteiger partial charge < -0.3 is 19.7 Å². The summed E-state index contributed by atoms with van der Waals surface area (Å²) in [4.78, 5) is 39.0. The van der Waals surface area contributed by atoms with Gasteiger partial charge in [-0.15, -0.1) is 0 Å². The second-order valence-electron chi connectivity index (χ2n) is 11.0. The summed E-state index contributed by atoms with van der Waals surface area (Å²) in [7, 11) is 3.17. The van der Waals surface area contributed by atoms with Crippen molar-refractivity contribution in [3.8, 4) is 22.6 Å². The highest BCUT2D eigenvalue weighted by Crippen LogP contribution is 2.35. The van der Waals surface area contributed by atoms with E-state index in [0.717, 1.165) is 43.4 Å². The molecule has 10 heteroatoms. The van der Waals surface area contributed by atoms with Crippen molar-refractivity contribution in [1.82, 2.24) is 20.2 Å². The van der Waals surface area contributed by atoms with E-state index in [9.17, 15) is 9.59 Å². The Bertz CT molecular complexity index is 1330. The first-order chi connectivity index (χ1) is 19.5. The van der Waals surface area contributed by atoms with E-state index in [2.05, 4.69) is 34.4 Å². The Morgan fingerprint density at radius 3 is 2.12 bits per heavy atom. The quantitative estimate of drug-likeness (QED) is 0.271. The van der Waals surface area contributed by atoms with Crippen LogP contribution in [0.2, 0.25) is 0 Å². The Labute approximate surface area is 243 Å². The molecule has 0 spiro atoms. The van der Waals surface area contributed by atoms with Crippen LogP contribution >= 0.6 is 0 Å². The number of benzene rings is 1. The highest BCUT2D eigenvalue weighted by Gasteiger charge is 2.19. The normalized spacial score (nSPS) is 11.4. The van der Waals surface area contributed by atoms with Crippen molar-refractivity contribution in [2.24, 2.45) is 0 Å². The number of hydrogen-bond donors (Lipinski definition) is 2. The largest absolute Gasteiger partial charge is 0.497 e. The van der Waals surface area contributed by atoms with Crippen molar-refractivity contribution in [2.75, 3.05) is 50.6 Å². The summed E-state index contributed by atoms with van der Waals surface area (Å²) in [6.07, 6.45) is 3.56. The number of fused-ring (bicyclic) bond motifs is 1. The average molecular weight is 565 g/mol. The number of hydrogen-bond acceptors (Lipinski definition) is 7. The molecule has 0 radical (unpaired) electrons. The first-order valence-electron chi connectivity index (χ1n) is 14.1. The van der Waals surface area contributed by atoms with E-state index >= 15 is 0 Å². The molecule has 222 valence electrons. The molecule has 0 aliphatic heterocycles. The van der Waals surface area contributed by atoms with Crippen LogP contribution in [-0.2, 0) is 4.79 Å². The maximum absolute atomic E-state index is 12.9. The summed E-state index contributed by atoms with van der Waals surface area (Å²) >= 11 is 0. The number of carbonyl (C=O) groups excluding carboxylic acids is 2. The fourth-order valence-electron chi connectivity index (χ4n) is 4.54. The van der Waals surface area contributed by atoms with Gasteiger partial charge in [-0.05, 0) is 77.0 Å². The van der Waals surface area contributed by atoms with Gasteiger partial charge in [0.25, 0.3) is 0 Å². The van der Waals surface area contributed by atoms with Crippen LogP contribution < -0.4 is 25.0 Å². The fraction of sp³-hybridized carbons (Fsp3) is 0.484. The third kappa shape index (κ3) is 8.78. The van der Waals surface area contributed by atoms with E-state index in [-0.39, 0.29) is 11.9 Å². The lowest BCUT2D eigenvalue weighted by molar-refractivity contribution is -0.116. The molecule has 2 aromatic heterocycles. The van der Waals surface area contributed by atoms with Crippen LogP contribution in [0.1, 0.15) is 54.4 Å². The molecule has 0 saturated carbocycles. The minimum atomic E-state index is -0.440. The summed E-state index contributed by atoms with van der Waals surface area (Å²) in [5.74, 6) is 2.02. The zero-order valence-electron chi connectivity index (χ0n) is 25.6. The second kappa shape index (κ2) is 14.1. The number of aromatic nitrogens is 2. The number of nitrogens with zero attached hydrogens (tertiary/aromatic N) is 4. The molecule has 0 unspecified atom stereocenters. The van der Waals surface area contributed by atoms with Crippen molar-refractivity contribution in [3.05, 3.63) is 36.5 Å². The highest BCUT2D eigenvalue weighted by atomic mass is 16.5. The second-order valence-corrected chi connectivity index (χ2v) is 11.0. The first-order valence-corrected chi connectivity index (χ1v) is 14.1. The zero-order chi connectivity index (χ0) is 30.2. The third-order valence-electron chi connectivity index (χ3n) is 6.72. The Morgan fingerprint density at radius 2 is 1.56 bits per heavy atom. The molecule has 0 fully saturated rings. The van der Waals surface area contributed by atoms with E-state index < -0.39 is 5.54 Å². The third-order valence-corrected chi connectivity index (χ3v) is 6.72. The molecule has 3 aromatic rings. The van der Waals surface area contributed by atoms with E-state index in [4.69, 9.17) is 14.5 Å². The van der Waals surface area contributed by atoms with E-state index in [1.54, 1.807) is 44.4 Å². The molecule has 3 amide bonds. The van der Waals surface area contributed by atoms with Crippen LogP contribution in [0.25, 0.3) is 22.0 Å². The molecule has 41 heavy (non-hydrogen) atoms. The molecule has 0 aliphatic rings. The van der Waals surface area contributed by atoms with Gasteiger partial charge in [0, 0.05) is 48.3 Å². The molecule has 2 heterocycles. The summed E-state index contributed by atoms with van der Waals surface area (Å²) in [6.45, 7) is 15.2. The zero-order valence-corrected chi connectivity index (χ0v) is 25.6. The van der Waals surface area contributed by atoms with Crippen molar-refractivity contribution in [1.29, 1.82) is 0 Å². The fourth-order valence-corrected chi connectivity index (χ4v) is 4.54. The Balaban J connectivity index is 2.02. The molecule has 0 bridgehead atoms. The minimum absolute atomic E-state index is 0.0808. The highest BCUT2D eigenvalue weighted by molar-refractivity contribution is 5.98. The molecule has 0 aliphatic carbocycles. The van der Waals surface area contributed by atoms with Gasteiger partial charge in [-0.1, -0.05) is 13.8 Å². The maximum atomic E-state index is 12.9. The number of unbranched alkanes of at least 4 members (excludes halogenated alkanes) is 1. The van der Waals surface area contributed by atoms with Gasteiger partial charge in [0.1, 0.15) is 23.1 Å². The Kier molecular flexibility index (Phi) is 10.9.